The summed E-state index contributed by atoms with van der Waals surface area (Å²) in [6, 6.07) is 11.0. The standard InChI is InChI=1S/C21H32N3OPS/c25-26(20-14-8-11-16-22-20,21-15-9-12-17-23-21)24-18-10-6-4-2-1-3-5-7-13-19-27/h8-9,11-12,14-17,27H,1-7,10,13,18-19H2,(H,24,25). The maximum atomic E-state index is 13.6. The highest BCUT2D eigenvalue weighted by molar-refractivity contribution is 7.80. The monoisotopic (exact) mass is 405 g/mol. The van der Waals surface area contributed by atoms with E-state index in [4.69, 9.17) is 0 Å². The van der Waals surface area contributed by atoms with Crippen LogP contribution >= 0.6 is 19.9 Å². The summed E-state index contributed by atoms with van der Waals surface area (Å²) in [5, 5.41) is 3.28. The molecule has 0 saturated carbocycles. The molecule has 0 aliphatic heterocycles. The van der Waals surface area contributed by atoms with Crippen LogP contribution in [-0.2, 0) is 4.57 Å². The molecule has 4 nitrogen and oxygen atoms in total. The first-order valence-electron chi connectivity index (χ1n) is 10.1. The van der Waals surface area contributed by atoms with Gasteiger partial charge in [-0.2, -0.15) is 12.6 Å². The van der Waals surface area contributed by atoms with Crippen LogP contribution in [0.5, 0.6) is 0 Å². The van der Waals surface area contributed by atoms with Crippen LogP contribution in [0.1, 0.15) is 57.8 Å². The quantitative estimate of drug-likeness (QED) is 0.271. The lowest BCUT2D eigenvalue weighted by atomic mass is 10.1. The molecule has 0 radical (unpaired) electrons. The summed E-state index contributed by atoms with van der Waals surface area (Å²) >= 11 is 4.24. The number of hydrogen-bond acceptors (Lipinski definition) is 4. The summed E-state index contributed by atoms with van der Waals surface area (Å²) in [5.74, 6) is 1.01. The number of pyridine rings is 2. The Bertz CT molecular complexity index is 626. The van der Waals surface area contributed by atoms with E-state index in [9.17, 15) is 4.57 Å². The Morgan fingerprint density at radius 3 is 1.67 bits per heavy atom. The molecule has 0 saturated heterocycles. The third-order valence-electron chi connectivity index (χ3n) is 4.61. The van der Waals surface area contributed by atoms with Crippen LogP contribution in [0.2, 0.25) is 0 Å². The zero-order valence-corrected chi connectivity index (χ0v) is 17.9. The predicted octanol–water partition coefficient (Wildman–Crippen LogP) is 4.74. The van der Waals surface area contributed by atoms with Gasteiger partial charge in [0.15, 0.2) is 0 Å². The third-order valence-corrected chi connectivity index (χ3v) is 7.42. The number of nitrogens with zero attached hydrogens (tertiary/aromatic N) is 2. The lowest BCUT2D eigenvalue weighted by Crippen LogP contribution is -2.31. The fraction of sp³-hybridized carbons (Fsp3) is 0.524. The fourth-order valence-corrected chi connectivity index (χ4v) is 5.38. The van der Waals surface area contributed by atoms with E-state index in [-0.39, 0.29) is 0 Å². The zero-order chi connectivity index (χ0) is 19.2. The topological polar surface area (TPSA) is 54.9 Å². The van der Waals surface area contributed by atoms with Crippen molar-refractivity contribution < 1.29 is 4.57 Å². The first-order valence-corrected chi connectivity index (χ1v) is 12.4. The molecule has 0 atom stereocenters. The fourth-order valence-electron chi connectivity index (χ4n) is 3.07. The van der Waals surface area contributed by atoms with Gasteiger partial charge in [0.1, 0.15) is 10.9 Å². The van der Waals surface area contributed by atoms with Gasteiger partial charge in [0, 0.05) is 18.9 Å². The molecule has 2 aromatic rings. The Labute approximate surface area is 169 Å². The second kappa shape index (κ2) is 13.1. The second-order valence-corrected chi connectivity index (χ2v) is 9.70. The Morgan fingerprint density at radius 1 is 0.741 bits per heavy atom. The molecule has 2 heterocycles. The lowest BCUT2D eigenvalue weighted by Gasteiger charge is -2.18. The van der Waals surface area contributed by atoms with Crippen molar-refractivity contribution in [2.75, 3.05) is 12.3 Å². The van der Waals surface area contributed by atoms with Crippen LogP contribution in [0.15, 0.2) is 48.8 Å². The molecule has 0 unspecified atom stereocenters. The van der Waals surface area contributed by atoms with E-state index >= 15 is 0 Å². The number of unbranched alkanes of at least 4 members (excludes halogenated alkanes) is 8. The van der Waals surface area contributed by atoms with E-state index in [2.05, 4.69) is 27.7 Å². The summed E-state index contributed by atoms with van der Waals surface area (Å²) in [5.41, 5.74) is 1.15. The molecule has 2 aromatic heterocycles. The minimum absolute atomic E-state index is 0.574. The molecular weight excluding hydrogens is 373 g/mol. The second-order valence-electron chi connectivity index (χ2n) is 6.80. The van der Waals surface area contributed by atoms with Crippen molar-refractivity contribution in [1.29, 1.82) is 0 Å². The van der Waals surface area contributed by atoms with Gasteiger partial charge in [-0.05, 0) is 42.9 Å². The summed E-state index contributed by atoms with van der Waals surface area (Å²) in [6.07, 6.45) is 14.6. The number of nitrogens with one attached hydrogen (secondary N) is 1. The third kappa shape index (κ3) is 7.77. The summed E-state index contributed by atoms with van der Waals surface area (Å²) in [4.78, 5) is 8.65. The van der Waals surface area contributed by atoms with Gasteiger partial charge in [0.05, 0.1) is 0 Å². The van der Waals surface area contributed by atoms with Crippen molar-refractivity contribution >= 4 is 30.8 Å². The minimum atomic E-state index is -2.98. The van der Waals surface area contributed by atoms with Crippen molar-refractivity contribution in [3.8, 4) is 0 Å². The van der Waals surface area contributed by atoms with Crippen LogP contribution < -0.4 is 16.0 Å². The largest absolute Gasteiger partial charge is 0.293 e. The molecule has 2 rings (SSSR count). The summed E-state index contributed by atoms with van der Waals surface area (Å²) < 4.78 is 13.6. The average molecular weight is 406 g/mol. The van der Waals surface area contributed by atoms with E-state index in [1.807, 2.05) is 36.4 Å². The zero-order valence-electron chi connectivity index (χ0n) is 16.1. The van der Waals surface area contributed by atoms with Gasteiger partial charge >= 0.3 is 0 Å². The van der Waals surface area contributed by atoms with Crippen molar-refractivity contribution in [2.45, 2.75) is 57.8 Å². The molecule has 0 aliphatic carbocycles. The van der Waals surface area contributed by atoms with Crippen LogP contribution in [0.3, 0.4) is 0 Å². The Hall–Kier alpha value is -1.16. The highest BCUT2D eigenvalue weighted by Gasteiger charge is 2.29. The average Bonchev–Trinajstić information content (AvgIpc) is 2.73. The minimum Gasteiger partial charge on any atom is -0.293 e. The van der Waals surface area contributed by atoms with Crippen LogP contribution in [0.25, 0.3) is 0 Å². The smallest absolute Gasteiger partial charge is 0.239 e. The molecular formula is C21H32N3OPS. The summed E-state index contributed by atoms with van der Waals surface area (Å²) in [6.45, 7) is 0.715. The van der Waals surface area contributed by atoms with Crippen LogP contribution in [-0.4, -0.2) is 22.3 Å². The van der Waals surface area contributed by atoms with Gasteiger partial charge in [-0.3, -0.25) is 19.6 Å². The molecule has 0 amide bonds. The van der Waals surface area contributed by atoms with Crippen molar-refractivity contribution in [3.05, 3.63) is 48.8 Å². The van der Waals surface area contributed by atoms with Crippen LogP contribution in [0.4, 0.5) is 0 Å². The van der Waals surface area contributed by atoms with Gasteiger partial charge in [-0.25, -0.2) is 0 Å². The Balaban J connectivity index is 1.74. The van der Waals surface area contributed by atoms with Gasteiger partial charge in [-0.15, -0.1) is 0 Å². The van der Waals surface area contributed by atoms with Crippen molar-refractivity contribution in [1.82, 2.24) is 15.1 Å². The van der Waals surface area contributed by atoms with Gasteiger partial charge in [0.25, 0.3) is 0 Å². The van der Waals surface area contributed by atoms with Crippen LogP contribution in [0, 0.1) is 0 Å². The highest BCUT2D eigenvalue weighted by Crippen LogP contribution is 2.36. The molecule has 0 fully saturated rings. The molecule has 148 valence electrons. The normalized spacial score (nSPS) is 11.6. The predicted molar refractivity (Wildman–Crippen MR) is 119 cm³/mol. The number of aromatic nitrogens is 2. The number of hydrogen-bond donors (Lipinski definition) is 2. The van der Waals surface area contributed by atoms with E-state index in [1.54, 1.807) is 12.4 Å². The molecule has 0 aromatic carbocycles. The Morgan fingerprint density at radius 2 is 1.22 bits per heavy atom. The van der Waals surface area contributed by atoms with Crippen molar-refractivity contribution in [3.63, 3.8) is 0 Å². The van der Waals surface area contributed by atoms with E-state index in [1.165, 1.54) is 44.9 Å². The SMILES string of the molecule is O=P(NCCCCCCCCCCCS)(c1ccccn1)c1ccccn1. The molecule has 0 spiro atoms. The van der Waals surface area contributed by atoms with Gasteiger partial charge in [-0.1, -0.05) is 57.1 Å². The van der Waals surface area contributed by atoms with Gasteiger partial charge in [0.2, 0.25) is 7.29 Å². The molecule has 0 aliphatic rings. The van der Waals surface area contributed by atoms with Crippen molar-refractivity contribution in [2.24, 2.45) is 0 Å². The molecule has 0 bridgehead atoms. The van der Waals surface area contributed by atoms with Gasteiger partial charge < -0.3 is 0 Å². The first-order chi connectivity index (χ1) is 13.3. The lowest BCUT2D eigenvalue weighted by molar-refractivity contribution is 0.556. The molecule has 1 N–H and O–H groups in total. The molecule has 6 heteroatoms. The Kier molecular flexibility index (Phi) is 10.7. The van der Waals surface area contributed by atoms with E-state index < -0.39 is 7.29 Å². The first kappa shape index (κ1) is 22.1. The summed E-state index contributed by atoms with van der Waals surface area (Å²) in [7, 11) is -2.98. The van der Waals surface area contributed by atoms with E-state index in [0.717, 1.165) is 18.6 Å². The number of thiol groups is 1. The highest BCUT2D eigenvalue weighted by atomic mass is 32.1. The molecule has 27 heavy (non-hydrogen) atoms. The number of rotatable bonds is 14. The maximum Gasteiger partial charge on any atom is 0.239 e. The van der Waals surface area contributed by atoms with E-state index in [0.29, 0.717) is 17.4 Å². The maximum absolute atomic E-state index is 13.6.